The van der Waals surface area contributed by atoms with E-state index in [-0.39, 0.29) is 6.04 Å². The van der Waals surface area contributed by atoms with Gasteiger partial charge in [0.25, 0.3) is 0 Å². The number of nitrogens with two attached hydrogens (primary N) is 1. The van der Waals surface area contributed by atoms with E-state index in [9.17, 15) is 8.78 Å². The lowest BCUT2D eigenvalue weighted by Gasteiger charge is -2.14. The molecule has 0 amide bonds. The number of nitrogens with zero attached hydrogens (tertiary/aromatic N) is 2. The summed E-state index contributed by atoms with van der Waals surface area (Å²) in [5.41, 5.74) is 8.47. The summed E-state index contributed by atoms with van der Waals surface area (Å²) in [6.07, 6.45) is 0.929. The lowest BCUT2D eigenvalue weighted by Crippen LogP contribution is -2.27. The van der Waals surface area contributed by atoms with Gasteiger partial charge in [0.15, 0.2) is 0 Å². The molecular formula is C15H18BrF2N3. The Labute approximate surface area is 131 Å². The Balaban J connectivity index is 2.13. The zero-order valence-corrected chi connectivity index (χ0v) is 13.6. The van der Waals surface area contributed by atoms with Crippen LogP contribution in [-0.2, 0) is 19.4 Å². The lowest BCUT2D eigenvalue weighted by atomic mass is 10.0. The summed E-state index contributed by atoms with van der Waals surface area (Å²) in [5, 5.41) is 4.41. The minimum atomic E-state index is -0.577. The Morgan fingerprint density at radius 2 is 2.05 bits per heavy atom. The average molecular weight is 358 g/mol. The van der Waals surface area contributed by atoms with Crippen molar-refractivity contribution in [3.05, 3.63) is 51.3 Å². The average Bonchev–Trinajstić information content (AvgIpc) is 2.69. The van der Waals surface area contributed by atoms with Crippen LogP contribution in [0.25, 0.3) is 0 Å². The molecule has 0 spiro atoms. The molecule has 1 unspecified atom stereocenters. The molecular weight excluding hydrogens is 340 g/mol. The molecule has 6 heteroatoms. The summed E-state index contributed by atoms with van der Waals surface area (Å²) in [7, 11) is 0. The van der Waals surface area contributed by atoms with Crippen molar-refractivity contribution in [1.82, 2.24) is 9.78 Å². The Morgan fingerprint density at radius 3 is 2.67 bits per heavy atom. The van der Waals surface area contributed by atoms with Crippen LogP contribution >= 0.6 is 15.9 Å². The molecule has 0 aliphatic heterocycles. The number of rotatable bonds is 5. The van der Waals surface area contributed by atoms with Gasteiger partial charge < -0.3 is 5.73 Å². The maximum atomic E-state index is 13.7. The van der Waals surface area contributed by atoms with E-state index in [0.29, 0.717) is 18.4 Å². The van der Waals surface area contributed by atoms with E-state index in [2.05, 4.69) is 21.0 Å². The van der Waals surface area contributed by atoms with Gasteiger partial charge in [-0.25, -0.2) is 8.78 Å². The third-order valence-electron chi connectivity index (χ3n) is 3.41. The van der Waals surface area contributed by atoms with Gasteiger partial charge in [-0.2, -0.15) is 5.10 Å². The molecule has 2 aromatic rings. The summed E-state index contributed by atoms with van der Waals surface area (Å²) < 4.78 is 29.4. The molecule has 1 atom stereocenters. The van der Waals surface area contributed by atoms with Crippen LogP contribution in [0.3, 0.4) is 0 Å². The van der Waals surface area contributed by atoms with E-state index in [1.165, 1.54) is 12.1 Å². The molecule has 0 aliphatic carbocycles. The fraction of sp³-hybridized carbons (Fsp3) is 0.400. The van der Waals surface area contributed by atoms with Gasteiger partial charge in [0, 0.05) is 25.1 Å². The van der Waals surface area contributed by atoms with Gasteiger partial charge in [0.1, 0.15) is 11.6 Å². The van der Waals surface area contributed by atoms with Crippen LogP contribution in [0.15, 0.2) is 22.7 Å². The Bertz CT molecular complexity index is 640. The van der Waals surface area contributed by atoms with Gasteiger partial charge in [-0.3, -0.25) is 4.68 Å². The molecule has 0 saturated carbocycles. The first-order valence-electron chi connectivity index (χ1n) is 6.83. The largest absolute Gasteiger partial charge is 0.327 e. The van der Waals surface area contributed by atoms with Crippen LogP contribution in [0, 0.1) is 18.6 Å². The zero-order chi connectivity index (χ0) is 15.6. The summed E-state index contributed by atoms with van der Waals surface area (Å²) in [5.74, 6) is -1.13. The highest BCUT2D eigenvalue weighted by atomic mass is 79.9. The highest BCUT2D eigenvalue weighted by molar-refractivity contribution is 9.10. The second kappa shape index (κ2) is 6.66. The Morgan fingerprint density at radius 1 is 1.33 bits per heavy atom. The van der Waals surface area contributed by atoms with Crippen molar-refractivity contribution >= 4 is 15.9 Å². The standard InChI is InChI=1S/C15H18BrF2N3/c1-3-21-14(15(16)9(2)20-21)8-12(19)6-10-4-5-11(17)7-13(10)18/h4-5,7,12H,3,6,8,19H2,1-2H3. The van der Waals surface area contributed by atoms with Gasteiger partial charge >= 0.3 is 0 Å². The molecule has 1 heterocycles. The summed E-state index contributed by atoms with van der Waals surface area (Å²) >= 11 is 3.52. The molecule has 0 fully saturated rings. The van der Waals surface area contributed by atoms with Crippen molar-refractivity contribution in [2.24, 2.45) is 5.73 Å². The number of halogens is 3. The van der Waals surface area contributed by atoms with E-state index in [4.69, 9.17) is 5.73 Å². The van der Waals surface area contributed by atoms with Gasteiger partial charge in [0.05, 0.1) is 15.9 Å². The quantitative estimate of drug-likeness (QED) is 0.891. The predicted molar refractivity (Wildman–Crippen MR) is 82.1 cm³/mol. The van der Waals surface area contributed by atoms with Crippen LogP contribution in [-0.4, -0.2) is 15.8 Å². The minimum absolute atomic E-state index is 0.261. The monoisotopic (exact) mass is 357 g/mol. The number of benzene rings is 1. The number of hydrogen-bond donors (Lipinski definition) is 1. The third-order valence-corrected chi connectivity index (χ3v) is 4.44. The SMILES string of the molecule is CCn1nc(C)c(Br)c1CC(N)Cc1ccc(F)cc1F. The van der Waals surface area contributed by atoms with E-state index in [0.717, 1.165) is 28.5 Å². The van der Waals surface area contributed by atoms with Crippen LogP contribution in [0.2, 0.25) is 0 Å². The second-order valence-corrected chi connectivity index (χ2v) is 5.86. The maximum Gasteiger partial charge on any atom is 0.129 e. The molecule has 21 heavy (non-hydrogen) atoms. The lowest BCUT2D eigenvalue weighted by molar-refractivity contribution is 0.544. The van der Waals surface area contributed by atoms with Gasteiger partial charge in [-0.05, 0) is 47.8 Å². The van der Waals surface area contributed by atoms with Gasteiger partial charge in [-0.15, -0.1) is 0 Å². The van der Waals surface area contributed by atoms with Gasteiger partial charge in [0.2, 0.25) is 0 Å². The highest BCUT2D eigenvalue weighted by Crippen LogP contribution is 2.23. The first-order valence-corrected chi connectivity index (χ1v) is 7.63. The molecule has 3 nitrogen and oxygen atoms in total. The van der Waals surface area contributed by atoms with Gasteiger partial charge in [-0.1, -0.05) is 6.07 Å². The smallest absolute Gasteiger partial charge is 0.129 e. The van der Waals surface area contributed by atoms with E-state index >= 15 is 0 Å². The third kappa shape index (κ3) is 3.68. The normalized spacial score (nSPS) is 12.7. The zero-order valence-electron chi connectivity index (χ0n) is 12.0. The summed E-state index contributed by atoms with van der Waals surface area (Å²) in [4.78, 5) is 0. The van der Waals surface area contributed by atoms with E-state index in [1.807, 2.05) is 18.5 Å². The van der Waals surface area contributed by atoms with E-state index < -0.39 is 11.6 Å². The van der Waals surface area contributed by atoms with Crippen molar-refractivity contribution in [2.45, 2.75) is 39.3 Å². The van der Waals surface area contributed by atoms with Crippen molar-refractivity contribution in [1.29, 1.82) is 0 Å². The highest BCUT2D eigenvalue weighted by Gasteiger charge is 2.17. The van der Waals surface area contributed by atoms with Crippen LogP contribution in [0.4, 0.5) is 8.78 Å². The molecule has 0 aliphatic rings. The number of hydrogen-bond acceptors (Lipinski definition) is 2. The first kappa shape index (κ1) is 16.1. The number of aromatic nitrogens is 2. The fourth-order valence-corrected chi connectivity index (χ4v) is 2.80. The molecule has 0 saturated heterocycles. The van der Waals surface area contributed by atoms with Crippen molar-refractivity contribution < 1.29 is 8.78 Å². The molecule has 1 aromatic carbocycles. The summed E-state index contributed by atoms with van der Waals surface area (Å²) in [6.45, 7) is 4.68. The molecule has 2 N–H and O–H groups in total. The maximum absolute atomic E-state index is 13.7. The summed E-state index contributed by atoms with van der Waals surface area (Å²) in [6, 6.07) is 3.32. The molecule has 1 aromatic heterocycles. The van der Waals surface area contributed by atoms with Crippen molar-refractivity contribution in [3.63, 3.8) is 0 Å². The van der Waals surface area contributed by atoms with Crippen molar-refractivity contribution in [3.8, 4) is 0 Å². The molecule has 114 valence electrons. The first-order chi connectivity index (χ1) is 9.92. The van der Waals surface area contributed by atoms with Crippen molar-refractivity contribution in [2.75, 3.05) is 0 Å². The van der Waals surface area contributed by atoms with Crippen LogP contribution in [0.5, 0.6) is 0 Å². The minimum Gasteiger partial charge on any atom is -0.327 e. The predicted octanol–water partition coefficient (Wildman–Crippen LogP) is 3.36. The molecule has 2 rings (SSSR count). The van der Waals surface area contributed by atoms with E-state index in [1.54, 1.807) is 0 Å². The molecule has 0 bridgehead atoms. The number of aryl methyl sites for hydroxylation is 2. The Hall–Kier alpha value is -1.27. The Kier molecular flexibility index (Phi) is 5.11. The molecule has 0 radical (unpaired) electrons. The second-order valence-electron chi connectivity index (χ2n) is 5.07. The van der Waals surface area contributed by atoms with Crippen LogP contribution in [0.1, 0.15) is 23.9 Å². The fourth-order valence-electron chi connectivity index (χ4n) is 2.35. The van der Waals surface area contributed by atoms with Crippen LogP contribution < -0.4 is 5.73 Å². The topological polar surface area (TPSA) is 43.8 Å².